The molecule has 1 aliphatic carbocycles. The summed E-state index contributed by atoms with van der Waals surface area (Å²) in [5, 5.41) is 0. The first-order chi connectivity index (χ1) is 8.36. The van der Waals surface area contributed by atoms with Gasteiger partial charge in [0.1, 0.15) is 11.5 Å². The average molecular weight is 218 g/mol. The monoisotopic (exact) mass is 218 g/mol. The predicted octanol–water partition coefficient (Wildman–Crippen LogP) is 4.03. The molecule has 0 bridgehead atoms. The smallest absolute Gasteiger partial charge is 0.134 e. The molecule has 0 spiro atoms. The number of benzene rings is 1. The van der Waals surface area contributed by atoms with Gasteiger partial charge in [0.15, 0.2) is 0 Å². The molecule has 0 amide bonds. The molecule has 80 valence electrons. The Kier molecular flexibility index (Phi) is 2.20. The van der Waals surface area contributed by atoms with Crippen molar-refractivity contribution in [2.75, 3.05) is 0 Å². The third kappa shape index (κ3) is 1.70. The molecule has 0 N–H and O–H groups in total. The summed E-state index contributed by atoms with van der Waals surface area (Å²) >= 11 is 0. The number of fused-ring (bicyclic) bond motifs is 1. The topological polar surface area (TPSA) is 13.1 Å². The van der Waals surface area contributed by atoms with Crippen molar-refractivity contribution in [1.29, 1.82) is 0 Å². The maximum Gasteiger partial charge on any atom is 0.134 e. The lowest BCUT2D eigenvalue weighted by atomic mass is 10.1. The molecule has 1 aromatic rings. The second kappa shape index (κ2) is 3.84. The Morgan fingerprint density at radius 3 is 2.47 bits per heavy atom. The van der Waals surface area contributed by atoms with E-state index in [-0.39, 0.29) is 0 Å². The van der Waals surface area contributed by atoms with Crippen LogP contribution in [0.4, 0.5) is 0 Å². The third-order valence-electron chi connectivity index (χ3n) is 2.76. The van der Waals surface area contributed by atoms with Crippen LogP contribution in [-0.2, 0) is 0 Å². The van der Waals surface area contributed by atoms with Crippen LogP contribution < -0.4 is 0 Å². The van der Waals surface area contributed by atoms with Crippen LogP contribution in [-0.4, -0.2) is 0 Å². The Morgan fingerprint density at radius 2 is 1.59 bits per heavy atom. The zero-order chi connectivity index (χ0) is 11.7. The molecule has 1 heteroatoms. The molecule has 0 saturated carbocycles. The van der Waals surface area contributed by atoms with Gasteiger partial charge in [-0.25, -0.2) is 0 Å². The van der Waals surface area contributed by atoms with Crippen molar-refractivity contribution in [3.05, 3.63) is 60.2 Å². The Morgan fingerprint density at radius 1 is 0.824 bits per heavy atom. The van der Waals surface area contributed by atoms with E-state index in [9.17, 15) is 0 Å². The molecule has 0 radical (unpaired) electrons. The summed E-state index contributed by atoms with van der Waals surface area (Å²) in [6.07, 6.45) is 5.39. The number of hydrogen-bond donors (Lipinski definition) is 0. The molecular weight excluding hydrogens is 208 g/mol. The SMILES string of the molecule is C#Cc1cccc(-c2ccc3cccc-3o2)c1. The molecule has 1 aliphatic heterocycles. The fourth-order valence-electron chi connectivity index (χ4n) is 1.88. The van der Waals surface area contributed by atoms with E-state index in [0.717, 1.165) is 28.2 Å². The van der Waals surface area contributed by atoms with Gasteiger partial charge in [0.2, 0.25) is 0 Å². The van der Waals surface area contributed by atoms with Crippen LogP contribution in [0.1, 0.15) is 5.56 Å². The van der Waals surface area contributed by atoms with E-state index in [1.165, 1.54) is 0 Å². The maximum atomic E-state index is 5.82. The van der Waals surface area contributed by atoms with Gasteiger partial charge >= 0.3 is 0 Å². The van der Waals surface area contributed by atoms with Crippen molar-refractivity contribution in [2.45, 2.75) is 0 Å². The van der Waals surface area contributed by atoms with E-state index < -0.39 is 0 Å². The molecule has 0 unspecified atom stereocenters. The molecule has 2 aliphatic rings. The molecule has 0 atom stereocenters. The summed E-state index contributed by atoms with van der Waals surface area (Å²) in [5.74, 6) is 4.36. The largest absolute Gasteiger partial charge is 0.456 e. The standard InChI is InChI=1S/C16H10O/c1-2-12-5-3-7-14(11-12)16-10-9-13-6-4-8-15(13)17-16/h1,3-11H. The van der Waals surface area contributed by atoms with Crippen molar-refractivity contribution in [3.63, 3.8) is 0 Å². The molecule has 3 rings (SSSR count). The van der Waals surface area contributed by atoms with Crippen LogP contribution in [0, 0.1) is 12.3 Å². The second-order valence-corrected chi connectivity index (χ2v) is 3.87. The van der Waals surface area contributed by atoms with Gasteiger partial charge in [-0.15, -0.1) is 6.42 Å². The van der Waals surface area contributed by atoms with Gasteiger partial charge in [-0.2, -0.15) is 0 Å². The highest BCUT2D eigenvalue weighted by Gasteiger charge is 2.07. The van der Waals surface area contributed by atoms with Gasteiger partial charge in [0.25, 0.3) is 0 Å². The molecule has 1 nitrogen and oxygen atoms in total. The normalized spacial score (nSPS) is 10.3. The third-order valence-corrected chi connectivity index (χ3v) is 2.76. The summed E-state index contributed by atoms with van der Waals surface area (Å²) in [6.45, 7) is 0. The summed E-state index contributed by atoms with van der Waals surface area (Å²) in [6, 6.07) is 17.8. The van der Waals surface area contributed by atoms with Crippen LogP contribution in [0.25, 0.3) is 22.6 Å². The lowest BCUT2D eigenvalue weighted by Crippen LogP contribution is -1.81. The lowest BCUT2D eigenvalue weighted by molar-refractivity contribution is 0.583. The quantitative estimate of drug-likeness (QED) is 0.562. The van der Waals surface area contributed by atoms with Crippen molar-refractivity contribution in [1.82, 2.24) is 0 Å². The predicted molar refractivity (Wildman–Crippen MR) is 68.7 cm³/mol. The van der Waals surface area contributed by atoms with Crippen LogP contribution in [0.5, 0.6) is 0 Å². The minimum Gasteiger partial charge on any atom is -0.456 e. The number of hydrogen-bond acceptors (Lipinski definition) is 1. The molecule has 1 aromatic carbocycles. The van der Waals surface area contributed by atoms with Gasteiger partial charge in [-0.1, -0.05) is 30.2 Å². The van der Waals surface area contributed by atoms with E-state index in [0.29, 0.717) is 0 Å². The van der Waals surface area contributed by atoms with Crippen molar-refractivity contribution in [3.8, 4) is 35.0 Å². The summed E-state index contributed by atoms with van der Waals surface area (Å²) in [7, 11) is 0. The number of terminal acetylenes is 1. The van der Waals surface area contributed by atoms with E-state index >= 15 is 0 Å². The first-order valence-electron chi connectivity index (χ1n) is 5.42. The lowest BCUT2D eigenvalue weighted by Gasteiger charge is -2.04. The first kappa shape index (κ1) is 9.74. The highest BCUT2D eigenvalue weighted by Crippen LogP contribution is 2.29. The van der Waals surface area contributed by atoms with Crippen molar-refractivity contribution in [2.24, 2.45) is 0 Å². The molecule has 0 aromatic heterocycles. The van der Waals surface area contributed by atoms with Crippen LogP contribution in [0.3, 0.4) is 0 Å². The minimum absolute atomic E-state index is 0.834. The van der Waals surface area contributed by atoms with Gasteiger partial charge in [0.05, 0.1) is 0 Å². The van der Waals surface area contributed by atoms with Gasteiger partial charge < -0.3 is 4.42 Å². The summed E-state index contributed by atoms with van der Waals surface area (Å²) < 4.78 is 5.82. The second-order valence-electron chi connectivity index (χ2n) is 3.87. The Labute approximate surface area is 100 Å². The average Bonchev–Trinajstić information content (AvgIpc) is 2.86. The van der Waals surface area contributed by atoms with Crippen molar-refractivity contribution < 1.29 is 4.42 Å². The zero-order valence-electron chi connectivity index (χ0n) is 9.18. The number of rotatable bonds is 1. The molecule has 0 fully saturated rings. The fourth-order valence-corrected chi connectivity index (χ4v) is 1.88. The highest BCUT2D eigenvalue weighted by atomic mass is 16.3. The zero-order valence-corrected chi connectivity index (χ0v) is 9.18. The summed E-state index contributed by atoms with van der Waals surface area (Å²) in [4.78, 5) is 0. The molecule has 1 heterocycles. The van der Waals surface area contributed by atoms with E-state index in [4.69, 9.17) is 10.8 Å². The van der Waals surface area contributed by atoms with Gasteiger partial charge in [0, 0.05) is 16.7 Å². The van der Waals surface area contributed by atoms with Gasteiger partial charge in [-0.05, 0) is 30.3 Å². The van der Waals surface area contributed by atoms with E-state index in [1.54, 1.807) is 0 Å². The molecular formula is C16H10O. The maximum absolute atomic E-state index is 5.82. The summed E-state index contributed by atoms with van der Waals surface area (Å²) in [5.41, 5.74) is 2.98. The Bertz CT molecular complexity index is 670. The van der Waals surface area contributed by atoms with Gasteiger partial charge in [-0.3, -0.25) is 0 Å². The Balaban J connectivity index is 2.15. The van der Waals surface area contributed by atoms with Crippen LogP contribution >= 0.6 is 0 Å². The molecule has 17 heavy (non-hydrogen) atoms. The Hall–Kier alpha value is -2.46. The van der Waals surface area contributed by atoms with Crippen LogP contribution in [0.2, 0.25) is 0 Å². The molecule has 0 saturated heterocycles. The minimum atomic E-state index is 0.834. The van der Waals surface area contributed by atoms with E-state index in [2.05, 4.69) is 12.0 Å². The van der Waals surface area contributed by atoms with Crippen molar-refractivity contribution >= 4 is 0 Å². The fraction of sp³-hybridized carbons (Fsp3) is 0. The van der Waals surface area contributed by atoms with E-state index in [1.807, 2.05) is 48.5 Å². The first-order valence-corrected chi connectivity index (χ1v) is 5.42. The highest BCUT2D eigenvalue weighted by molar-refractivity contribution is 5.67. The van der Waals surface area contributed by atoms with Crippen LogP contribution in [0.15, 0.2) is 59.0 Å².